The summed E-state index contributed by atoms with van der Waals surface area (Å²) in [6, 6.07) is 0. The molecule has 0 aliphatic carbocycles. The molecule has 6 nitrogen and oxygen atoms in total. The van der Waals surface area contributed by atoms with Gasteiger partial charge in [-0.15, -0.1) is 0 Å². The maximum Gasteiger partial charge on any atom is 0.306 e. The van der Waals surface area contributed by atoms with Crippen LogP contribution >= 0.6 is 0 Å². The van der Waals surface area contributed by atoms with E-state index in [2.05, 4.69) is 93.7 Å². The Morgan fingerprint density at radius 1 is 0.296 bits per heavy atom. The van der Waals surface area contributed by atoms with Crippen LogP contribution in [0.2, 0.25) is 0 Å². The number of hydrogen-bond donors (Lipinski definition) is 0. The predicted octanol–water partition coefficient (Wildman–Crippen LogP) is 20.5. The Hall–Kier alpha value is -3.15. The van der Waals surface area contributed by atoms with Crippen LogP contribution in [0.15, 0.2) is 72.9 Å². The first-order valence-electron chi connectivity index (χ1n) is 30.4. The summed E-state index contributed by atoms with van der Waals surface area (Å²) in [5.74, 6) is -0.883. The molecular weight excluding hydrogens is 877 g/mol. The number of allylic oxidation sites excluding steroid dienone is 12. The third-order valence-corrected chi connectivity index (χ3v) is 13.2. The lowest BCUT2D eigenvalue weighted by molar-refractivity contribution is -0.167. The van der Waals surface area contributed by atoms with Gasteiger partial charge in [0.25, 0.3) is 0 Å². The Balaban J connectivity index is 4.05. The molecule has 0 spiro atoms. The maximum atomic E-state index is 12.8. The number of unbranched alkanes of at least 4 members (excludes halogenated alkanes) is 32. The summed E-state index contributed by atoms with van der Waals surface area (Å²) in [6.07, 6.45) is 76.5. The van der Waals surface area contributed by atoms with Gasteiger partial charge in [0, 0.05) is 19.3 Å². The molecule has 71 heavy (non-hydrogen) atoms. The van der Waals surface area contributed by atoms with Gasteiger partial charge in [0.15, 0.2) is 6.10 Å². The third kappa shape index (κ3) is 57.6. The van der Waals surface area contributed by atoms with Crippen LogP contribution in [-0.4, -0.2) is 37.2 Å². The van der Waals surface area contributed by atoms with E-state index < -0.39 is 6.10 Å². The molecule has 0 N–H and O–H groups in total. The minimum Gasteiger partial charge on any atom is -0.462 e. The minimum atomic E-state index is -0.775. The average Bonchev–Trinajstić information content (AvgIpc) is 3.37. The van der Waals surface area contributed by atoms with Crippen molar-refractivity contribution in [2.45, 2.75) is 309 Å². The number of esters is 3. The second-order valence-corrected chi connectivity index (χ2v) is 20.2. The zero-order valence-corrected chi connectivity index (χ0v) is 47.0. The summed E-state index contributed by atoms with van der Waals surface area (Å²) < 4.78 is 16.8. The minimum absolute atomic E-state index is 0.0757. The number of carbonyl (C=O) groups excluding carboxylic acids is 3. The van der Waals surface area contributed by atoms with Crippen LogP contribution in [0.3, 0.4) is 0 Å². The molecular formula is C65H114O6. The number of rotatable bonds is 55. The summed E-state index contributed by atoms with van der Waals surface area (Å²) in [6.45, 7) is 6.47. The number of ether oxygens (including phenoxy) is 3. The molecule has 0 saturated heterocycles. The quantitative estimate of drug-likeness (QED) is 0.0261. The Morgan fingerprint density at radius 3 is 0.873 bits per heavy atom. The molecule has 0 aromatic rings. The second kappa shape index (κ2) is 59.4. The normalized spacial score (nSPS) is 12.5. The molecule has 0 saturated carbocycles. The number of hydrogen-bond acceptors (Lipinski definition) is 6. The van der Waals surface area contributed by atoms with Gasteiger partial charge in [-0.2, -0.15) is 0 Å². The summed E-state index contributed by atoms with van der Waals surface area (Å²) in [5, 5.41) is 0. The van der Waals surface area contributed by atoms with Crippen molar-refractivity contribution in [3.8, 4) is 0 Å². The highest BCUT2D eigenvalue weighted by atomic mass is 16.6. The molecule has 0 fully saturated rings. The van der Waals surface area contributed by atoms with Gasteiger partial charge in [0.05, 0.1) is 0 Å². The lowest BCUT2D eigenvalue weighted by atomic mass is 10.0. The Bertz CT molecular complexity index is 1320. The molecule has 0 bridgehead atoms. The molecule has 0 radical (unpaired) electrons. The van der Waals surface area contributed by atoms with Crippen LogP contribution in [0.1, 0.15) is 303 Å². The van der Waals surface area contributed by atoms with Crippen LogP contribution in [0.5, 0.6) is 0 Å². The van der Waals surface area contributed by atoms with E-state index in [1.807, 2.05) is 0 Å². The predicted molar refractivity (Wildman–Crippen MR) is 307 cm³/mol. The Labute approximate surface area is 440 Å². The lowest BCUT2D eigenvalue weighted by Gasteiger charge is -2.18. The van der Waals surface area contributed by atoms with Crippen molar-refractivity contribution in [3.05, 3.63) is 72.9 Å². The molecule has 410 valence electrons. The highest BCUT2D eigenvalue weighted by Gasteiger charge is 2.19. The van der Waals surface area contributed by atoms with Gasteiger partial charge < -0.3 is 14.2 Å². The summed E-state index contributed by atoms with van der Waals surface area (Å²) in [7, 11) is 0. The van der Waals surface area contributed by atoms with Gasteiger partial charge in [-0.1, -0.05) is 267 Å². The van der Waals surface area contributed by atoms with Crippen LogP contribution in [0, 0.1) is 0 Å². The lowest BCUT2D eigenvalue weighted by Crippen LogP contribution is -2.30. The SMILES string of the molecule is CC/C=C\C/C=C\C/C=C\C/C=C\CCCCCCCCCCCCCCCCCCC(=O)OCC(COC(=O)CCCCCCCC)OC(=O)CCCCCCCCC/C=C\C/C=C\CCCCCC. The van der Waals surface area contributed by atoms with Crippen molar-refractivity contribution in [2.75, 3.05) is 13.2 Å². The molecule has 6 heteroatoms. The first-order chi connectivity index (χ1) is 35.0. The van der Waals surface area contributed by atoms with Crippen molar-refractivity contribution >= 4 is 17.9 Å². The van der Waals surface area contributed by atoms with Crippen LogP contribution in [0.25, 0.3) is 0 Å². The molecule has 0 rings (SSSR count). The molecule has 1 atom stereocenters. The Kier molecular flexibility index (Phi) is 56.8. The van der Waals surface area contributed by atoms with Crippen LogP contribution in [-0.2, 0) is 28.6 Å². The Morgan fingerprint density at radius 2 is 0.549 bits per heavy atom. The van der Waals surface area contributed by atoms with Gasteiger partial charge in [0.2, 0.25) is 0 Å². The first-order valence-corrected chi connectivity index (χ1v) is 30.4. The summed E-state index contributed by atoms with van der Waals surface area (Å²) in [5.41, 5.74) is 0. The van der Waals surface area contributed by atoms with Gasteiger partial charge in [-0.25, -0.2) is 0 Å². The van der Waals surface area contributed by atoms with Crippen LogP contribution < -0.4 is 0 Å². The van der Waals surface area contributed by atoms with Gasteiger partial charge in [-0.3, -0.25) is 14.4 Å². The monoisotopic (exact) mass is 991 g/mol. The first kappa shape index (κ1) is 67.8. The van der Waals surface area contributed by atoms with Crippen molar-refractivity contribution < 1.29 is 28.6 Å². The van der Waals surface area contributed by atoms with Crippen molar-refractivity contribution in [1.29, 1.82) is 0 Å². The van der Waals surface area contributed by atoms with Crippen LogP contribution in [0.4, 0.5) is 0 Å². The number of carbonyl (C=O) groups is 3. The topological polar surface area (TPSA) is 78.9 Å². The van der Waals surface area contributed by atoms with Crippen molar-refractivity contribution in [2.24, 2.45) is 0 Å². The zero-order chi connectivity index (χ0) is 51.4. The van der Waals surface area contributed by atoms with Crippen molar-refractivity contribution in [3.63, 3.8) is 0 Å². The standard InChI is InChI=1S/C65H114O6/c1-4-7-10-13-16-18-20-22-24-26-28-29-30-31-32-33-34-35-36-37-38-40-41-43-45-47-49-52-55-58-64(67)70-61-62(60-69-63(66)57-54-51-15-12-9-6-3)71-65(68)59-56-53-50-48-46-44-42-39-27-25-23-21-19-17-14-11-8-5-2/h7,10,16,18-19,21-22,24-25,27-29,62H,4-6,8-9,11-15,17,20,23,26,30-61H2,1-3H3/b10-7-,18-16-,21-19-,24-22-,27-25-,29-28-. The molecule has 0 aliphatic rings. The van der Waals surface area contributed by atoms with Gasteiger partial charge in [0.1, 0.15) is 13.2 Å². The van der Waals surface area contributed by atoms with Gasteiger partial charge >= 0.3 is 17.9 Å². The van der Waals surface area contributed by atoms with E-state index in [1.165, 1.54) is 167 Å². The fourth-order valence-electron chi connectivity index (χ4n) is 8.64. The highest BCUT2D eigenvalue weighted by molar-refractivity contribution is 5.71. The largest absolute Gasteiger partial charge is 0.462 e. The zero-order valence-electron chi connectivity index (χ0n) is 47.0. The molecule has 0 amide bonds. The summed E-state index contributed by atoms with van der Waals surface area (Å²) in [4.78, 5) is 37.9. The van der Waals surface area contributed by atoms with E-state index in [4.69, 9.17) is 14.2 Å². The van der Waals surface area contributed by atoms with E-state index in [0.29, 0.717) is 19.3 Å². The molecule has 1 unspecified atom stereocenters. The smallest absolute Gasteiger partial charge is 0.306 e. The maximum absolute atomic E-state index is 12.8. The fraction of sp³-hybridized carbons (Fsp3) is 0.769. The van der Waals surface area contributed by atoms with E-state index >= 15 is 0 Å². The van der Waals surface area contributed by atoms with Gasteiger partial charge in [-0.05, 0) is 89.9 Å². The van der Waals surface area contributed by atoms with E-state index in [0.717, 1.165) is 96.3 Å². The van der Waals surface area contributed by atoms with E-state index in [9.17, 15) is 14.4 Å². The van der Waals surface area contributed by atoms with E-state index in [-0.39, 0.29) is 31.1 Å². The average molecular weight is 992 g/mol. The third-order valence-electron chi connectivity index (χ3n) is 13.2. The fourth-order valence-corrected chi connectivity index (χ4v) is 8.64. The molecule has 0 heterocycles. The van der Waals surface area contributed by atoms with Crippen molar-refractivity contribution in [1.82, 2.24) is 0 Å². The summed E-state index contributed by atoms with van der Waals surface area (Å²) >= 11 is 0. The second-order valence-electron chi connectivity index (χ2n) is 20.2. The van der Waals surface area contributed by atoms with E-state index in [1.54, 1.807) is 0 Å². The highest BCUT2D eigenvalue weighted by Crippen LogP contribution is 2.16. The molecule has 0 aromatic carbocycles. The molecule has 0 aromatic heterocycles. The molecule has 0 aliphatic heterocycles.